The molecule has 94 valence electrons. The maximum absolute atomic E-state index is 11.6. The summed E-state index contributed by atoms with van der Waals surface area (Å²) in [5.74, 6) is 0.740. The minimum Gasteiger partial charge on any atom is -0.496 e. The molecule has 5 nitrogen and oxygen atoms in total. The zero-order chi connectivity index (χ0) is 12.8. The molecule has 0 radical (unpaired) electrons. The Morgan fingerprint density at radius 3 is 2.88 bits per heavy atom. The molecule has 0 saturated heterocycles. The average molecular weight is 258 g/mol. The van der Waals surface area contributed by atoms with Crippen molar-refractivity contribution in [3.8, 4) is 5.75 Å². The van der Waals surface area contributed by atoms with E-state index in [0.29, 0.717) is 30.2 Å². The Morgan fingerprint density at radius 1 is 1.65 bits per heavy atom. The van der Waals surface area contributed by atoms with Crippen molar-refractivity contribution in [2.75, 3.05) is 25.5 Å². The summed E-state index contributed by atoms with van der Waals surface area (Å²) in [7, 11) is 1.49. The second kappa shape index (κ2) is 6.42. The number of rotatable bonds is 6. The number of methoxy groups -OCH3 is 1. The molecule has 0 aliphatic carbocycles. The van der Waals surface area contributed by atoms with Gasteiger partial charge >= 0.3 is 0 Å². The molecule has 0 aromatic carbocycles. The number of Topliss-reactive ketones (excluding diaryl/α,β-unsaturated/α-hetero) is 1. The van der Waals surface area contributed by atoms with Crippen LogP contribution in [0.25, 0.3) is 0 Å². The molecule has 0 spiro atoms. The second-order valence-corrected chi connectivity index (χ2v) is 3.88. The Labute approximate surface area is 105 Å². The average Bonchev–Trinajstić information content (AvgIpc) is 2.28. The monoisotopic (exact) mass is 257 g/mol. The number of ether oxygens (including phenoxy) is 1. The predicted molar refractivity (Wildman–Crippen MR) is 68.0 cm³/mol. The van der Waals surface area contributed by atoms with Crippen molar-refractivity contribution in [2.45, 2.75) is 13.3 Å². The van der Waals surface area contributed by atoms with E-state index in [1.165, 1.54) is 20.1 Å². The Morgan fingerprint density at radius 2 is 2.35 bits per heavy atom. The van der Waals surface area contributed by atoms with Crippen LogP contribution in [0.3, 0.4) is 0 Å². The van der Waals surface area contributed by atoms with Gasteiger partial charge in [-0.2, -0.15) is 0 Å². The van der Waals surface area contributed by atoms with Crippen LogP contribution in [0, 0.1) is 0 Å². The molecule has 0 unspecified atom stereocenters. The van der Waals surface area contributed by atoms with Crippen molar-refractivity contribution in [1.29, 1.82) is 0 Å². The normalized spacial score (nSPS) is 10.1. The van der Waals surface area contributed by atoms with Gasteiger partial charge in [-0.1, -0.05) is 11.6 Å². The lowest BCUT2D eigenvalue weighted by Gasteiger charge is -2.12. The molecule has 0 saturated carbocycles. The minimum absolute atomic E-state index is 0.124. The number of carbonyl (C=O) groups excluding carboxylic acids is 1. The maximum atomic E-state index is 11.6. The first-order valence-corrected chi connectivity index (χ1v) is 5.67. The van der Waals surface area contributed by atoms with E-state index in [1.54, 1.807) is 0 Å². The molecule has 0 amide bonds. The van der Waals surface area contributed by atoms with E-state index in [-0.39, 0.29) is 10.9 Å². The minimum atomic E-state index is -0.124. The van der Waals surface area contributed by atoms with Crippen molar-refractivity contribution < 1.29 is 9.53 Å². The van der Waals surface area contributed by atoms with Crippen molar-refractivity contribution in [1.82, 2.24) is 4.98 Å². The molecule has 3 N–H and O–H groups in total. The largest absolute Gasteiger partial charge is 0.496 e. The molecule has 0 bridgehead atoms. The first-order chi connectivity index (χ1) is 8.10. The summed E-state index contributed by atoms with van der Waals surface area (Å²) in [6.45, 7) is 2.66. The van der Waals surface area contributed by atoms with E-state index in [9.17, 15) is 4.79 Å². The third-order valence-electron chi connectivity index (χ3n) is 2.20. The van der Waals surface area contributed by atoms with Crippen molar-refractivity contribution in [2.24, 2.45) is 5.73 Å². The van der Waals surface area contributed by atoms with Gasteiger partial charge in [-0.05, 0) is 19.9 Å². The van der Waals surface area contributed by atoms with Crippen LogP contribution in [0.5, 0.6) is 5.75 Å². The van der Waals surface area contributed by atoms with E-state index < -0.39 is 0 Å². The smallest absolute Gasteiger partial charge is 0.167 e. The van der Waals surface area contributed by atoms with Crippen molar-refractivity contribution >= 4 is 23.2 Å². The van der Waals surface area contributed by atoms with E-state index in [4.69, 9.17) is 22.1 Å². The molecule has 0 aliphatic heterocycles. The standard InChI is InChI=1S/C11H16ClN3O2/c1-7(16)10-8(17-2)6-9(12)15-11(10)14-5-3-4-13/h6H,3-5,13H2,1-2H3,(H,14,15). The Bertz CT molecular complexity index is 410. The third-order valence-corrected chi connectivity index (χ3v) is 2.39. The lowest BCUT2D eigenvalue weighted by Crippen LogP contribution is -2.13. The summed E-state index contributed by atoms with van der Waals surface area (Å²) in [5.41, 5.74) is 5.81. The first-order valence-electron chi connectivity index (χ1n) is 5.29. The van der Waals surface area contributed by atoms with Gasteiger partial charge in [0.15, 0.2) is 5.78 Å². The topological polar surface area (TPSA) is 77.2 Å². The van der Waals surface area contributed by atoms with Gasteiger partial charge < -0.3 is 15.8 Å². The molecular weight excluding hydrogens is 242 g/mol. The number of ketones is 1. The lowest BCUT2D eigenvalue weighted by atomic mass is 10.1. The number of hydrogen-bond donors (Lipinski definition) is 2. The van der Waals surface area contributed by atoms with Crippen LogP contribution in [0.4, 0.5) is 5.82 Å². The van der Waals surface area contributed by atoms with Gasteiger partial charge in [0.25, 0.3) is 0 Å². The summed E-state index contributed by atoms with van der Waals surface area (Å²) in [5, 5.41) is 3.31. The Kier molecular flexibility index (Phi) is 5.18. The van der Waals surface area contributed by atoms with E-state index >= 15 is 0 Å². The fraction of sp³-hybridized carbons (Fsp3) is 0.455. The van der Waals surface area contributed by atoms with Crippen LogP contribution in [0.2, 0.25) is 5.15 Å². The number of halogens is 1. The molecule has 0 aliphatic rings. The molecular formula is C11H16ClN3O2. The number of carbonyl (C=O) groups is 1. The van der Waals surface area contributed by atoms with Crippen LogP contribution in [0.1, 0.15) is 23.7 Å². The fourth-order valence-corrected chi connectivity index (χ4v) is 1.61. The van der Waals surface area contributed by atoms with Crippen LogP contribution in [0.15, 0.2) is 6.07 Å². The lowest BCUT2D eigenvalue weighted by molar-refractivity contribution is 0.101. The van der Waals surface area contributed by atoms with E-state index in [0.717, 1.165) is 6.42 Å². The molecule has 0 atom stereocenters. The zero-order valence-corrected chi connectivity index (χ0v) is 10.7. The number of pyridine rings is 1. The first kappa shape index (κ1) is 13.7. The van der Waals surface area contributed by atoms with Gasteiger partial charge in [-0.25, -0.2) is 4.98 Å². The number of nitrogens with two attached hydrogens (primary N) is 1. The SMILES string of the molecule is COc1cc(Cl)nc(NCCCN)c1C(C)=O. The van der Waals surface area contributed by atoms with Crippen molar-refractivity contribution in [3.63, 3.8) is 0 Å². The zero-order valence-electron chi connectivity index (χ0n) is 9.92. The van der Waals surface area contributed by atoms with Crippen LogP contribution in [-0.2, 0) is 0 Å². The van der Waals surface area contributed by atoms with E-state index in [1.807, 2.05) is 0 Å². The number of hydrogen-bond acceptors (Lipinski definition) is 5. The number of nitrogens with one attached hydrogen (secondary N) is 1. The summed E-state index contributed by atoms with van der Waals surface area (Å²) in [6.07, 6.45) is 0.786. The highest BCUT2D eigenvalue weighted by atomic mass is 35.5. The molecule has 1 rings (SSSR count). The van der Waals surface area contributed by atoms with E-state index in [2.05, 4.69) is 10.3 Å². The summed E-state index contributed by atoms with van der Waals surface area (Å²) in [6, 6.07) is 1.52. The predicted octanol–water partition coefficient (Wildman–Crippen LogP) is 1.71. The summed E-state index contributed by atoms with van der Waals surface area (Å²) in [4.78, 5) is 15.6. The second-order valence-electron chi connectivity index (χ2n) is 3.50. The fourth-order valence-electron chi connectivity index (χ4n) is 1.43. The third kappa shape index (κ3) is 3.57. The number of nitrogens with zero attached hydrogens (tertiary/aromatic N) is 1. The highest BCUT2D eigenvalue weighted by Gasteiger charge is 2.16. The maximum Gasteiger partial charge on any atom is 0.167 e. The Hall–Kier alpha value is -1.33. The molecule has 1 aromatic rings. The van der Waals surface area contributed by atoms with Gasteiger partial charge in [0.1, 0.15) is 22.3 Å². The van der Waals surface area contributed by atoms with Gasteiger partial charge in [-0.15, -0.1) is 0 Å². The molecule has 6 heteroatoms. The summed E-state index contributed by atoms with van der Waals surface area (Å²) >= 11 is 5.85. The van der Waals surface area contributed by atoms with Crippen LogP contribution < -0.4 is 15.8 Å². The molecule has 1 heterocycles. The Balaban J connectivity index is 3.07. The summed E-state index contributed by atoms with van der Waals surface area (Å²) < 4.78 is 5.12. The quantitative estimate of drug-likeness (QED) is 0.461. The van der Waals surface area contributed by atoms with Gasteiger partial charge in [0.2, 0.25) is 0 Å². The highest BCUT2D eigenvalue weighted by Crippen LogP contribution is 2.28. The van der Waals surface area contributed by atoms with Crippen LogP contribution >= 0.6 is 11.6 Å². The highest BCUT2D eigenvalue weighted by molar-refractivity contribution is 6.30. The van der Waals surface area contributed by atoms with Gasteiger partial charge in [-0.3, -0.25) is 4.79 Å². The molecule has 1 aromatic heterocycles. The molecule has 17 heavy (non-hydrogen) atoms. The van der Waals surface area contributed by atoms with Crippen LogP contribution in [-0.4, -0.2) is 31.0 Å². The van der Waals surface area contributed by atoms with Gasteiger partial charge in [0.05, 0.1) is 7.11 Å². The number of anilines is 1. The number of aromatic nitrogens is 1. The van der Waals surface area contributed by atoms with Crippen molar-refractivity contribution in [3.05, 3.63) is 16.8 Å². The van der Waals surface area contributed by atoms with Gasteiger partial charge in [0, 0.05) is 12.6 Å². The molecule has 0 fully saturated rings.